The van der Waals surface area contributed by atoms with E-state index in [-0.39, 0.29) is 21.2 Å². The summed E-state index contributed by atoms with van der Waals surface area (Å²) in [6.07, 6.45) is 1.57. The molecule has 0 aliphatic heterocycles. The molecule has 0 aliphatic carbocycles. The number of benzene rings is 1. The highest BCUT2D eigenvalue weighted by atomic mass is 32.2. The monoisotopic (exact) mass is 368 g/mol. The molecule has 0 fully saturated rings. The van der Waals surface area contributed by atoms with Crippen LogP contribution in [0.1, 0.15) is 15.9 Å². The SMILES string of the molecule is Cc1cccc(C(N)=O)c1S(=O)(=O)c1cc(N)cc(-c2ccccn2)n1. The number of sulfone groups is 1. The van der Waals surface area contributed by atoms with Crippen LogP contribution >= 0.6 is 0 Å². The molecule has 0 bridgehead atoms. The number of aromatic nitrogens is 2. The van der Waals surface area contributed by atoms with Gasteiger partial charge in [-0.3, -0.25) is 9.78 Å². The first-order chi connectivity index (χ1) is 12.3. The average Bonchev–Trinajstić information content (AvgIpc) is 2.61. The van der Waals surface area contributed by atoms with Gasteiger partial charge in [0.2, 0.25) is 15.7 Å². The minimum Gasteiger partial charge on any atom is -0.399 e. The second-order valence-corrected chi connectivity index (χ2v) is 7.49. The lowest BCUT2D eigenvalue weighted by molar-refractivity contribution is 0.0997. The molecule has 26 heavy (non-hydrogen) atoms. The predicted octanol–water partition coefficient (Wildman–Crippen LogP) is 1.97. The minimum atomic E-state index is -4.12. The van der Waals surface area contributed by atoms with E-state index in [1.54, 1.807) is 43.5 Å². The van der Waals surface area contributed by atoms with E-state index in [4.69, 9.17) is 11.5 Å². The Morgan fingerprint density at radius 3 is 2.46 bits per heavy atom. The van der Waals surface area contributed by atoms with Crippen molar-refractivity contribution in [2.45, 2.75) is 16.8 Å². The van der Waals surface area contributed by atoms with Crippen molar-refractivity contribution in [2.75, 3.05) is 5.73 Å². The Balaban J connectivity index is 2.25. The van der Waals surface area contributed by atoms with Gasteiger partial charge < -0.3 is 11.5 Å². The Morgan fingerprint density at radius 1 is 1.04 bits per heavy atom. The Labute approximate surface area is 150 Å². The largest absolute Gasteiger partial charge is 0.399 e. The summed E-state index contributed by atoms with van der Waals surface area (Å²) in [5.41, 5.74) is 12.6. The number of primary amides is 1. The van der Waals surface area contributed by atoms with E-state index in [0.717, 1.165) is 0 Å². The standard InChI is InChI=1S/C18H16N4O3S/c1-11-5-4-6-13(18(20)23)17(11)26(24,25)16-10-12(19)9-15(22-16)14-7-2-3-8-21-14/h2-10H,1H3,(H2,19,22)(H2,20,23). The second-order valence-electron chi connectivity index (χ2n) is 5.66. The number of carbonyl (C=O) groups is 1. The normalized spacial score (nSPS) is 11.3. The molecule has 8 heteroatoms. The lowest BCUT2D eigenvalue weighted by Crippen LogP contribution is -2.18. The van der Waals surface area contributed by atoms with Crippen molar-refractivity contribution in [1.29, 1.82) is 0 Å². The summed E-state index contributed by atoms with van der Waals surface area (Å²) in [5, 5.41) is -0.269. The molecule has 2 aromatic heterocycles. The summed E-state index contributed by atoms with van der Waals surface area (Å²) in [7, 11) is -4.12. The first-order valence-electron chi connectivity index (χ1n) is 7.64. The molecule has 0 atom stereocenters. The fraction of sp³-hybridized carbons (Fsp3) is 0.0556. The Kier molecular flexibility index (Phi) is 4.43. The van der Waals surface area contributed by atoms with Gasteiger partial charge in [0.1, 0.15) is 0 Å². The summed E-state index contributed by atoms with van der Waals surface area (Å²) in [4.78, 5) is 19.9. The van der Waals surface area contributed by atoms with Gasteiger partial charge in [-0.1, -0.05) is 18.2 Å². The Hall–Kier alpha value is -3.26. The molecule has 0 unspecified atom stereocenters. The van der Waals surface area contributed by atoms with Gasteiger partial charge in [-0.2, -0.15) is 0 Å². The highest BCUT2D eigenvalue weighted by Gasteiger charge is 2.27. The Bertz CT molecular complexity index is 1100. The van der Waals surface area contributed by atoms with Crippen LogP contribution < -0.4 is 11.5 Å². The number of rotatable bonds is 4. The van der Waals surface area contributed by atoms with Crippen LogP contribution in [-0.4, -0.2) is 24.3 Å². The van der Waals surface area contributed by atoms with Crippen molar-refractivity contribution in [3.63, 3.8) is 0 Å². The third-order valence-electron chi connectivity index (χ3n) is 3.77. The van der Waals surface area contributed by atoms with Crippen LogP contribution in [0.5, 0.6) is 0 Å². The predicted molar refractivity (Wildman–Crippen MR) is 97.0 cm³/mol. The van der Waals surface area contributed by atoms with E-state index in [1.807, 2.05) is 0 Å². The number of anilines is 1. The molecule has 7 nitrogen and oxygen atoms in total. The van der Waals surface area contributed by atoms with Gasteiger partial charge in [0.15, 0.2) is 5.03 Å². The summed E-state index contributed by atoms with van der Waals surface area (Å²) < 4.78 is 26.3. The average molecular weight is 368 g/mol. The van der Waals surface area contributed by atoms with Crippen LogP contribution in [0.15, 0.2) is 64.6 Å². The van der Waals surface area contributed by atoms with Crippen molar-refractivity contribution >= 4 is 21.4 Å². The number of hydrogen-bond donors (Lipinski definition) is 2. The van der Waals surface area contributed by atoms with E-state index in [2.05, 4.69) is 9.97 Å². The van der Waals surface area contributed by atoms with Gasteiger partial charge in [-0.05, 0) is 42.8 Å². The van der Waals surface area contributed by atoms with Crippen molar-refractivity contribution in [2.24, 2.45) is 5.73 Å². The van der Waals surface area contributed by atoms with Gasteiger partial charge in [-0.25, -0.2) is 13.4 Å². The van der Waals surface area contributed by atoms with Gasteiger partial charge in [0.05, 0.1) is 21.8 Å². The third kappa shape index (κ3) is 3.14. The summed E-state index contributed by atoms with van der Waals surface area (Å²) in [6, 6.07) is 12.5. The van der Waals surface area contributed by atoms with E-state index in [9.17, 15) is 13.2 Å². The number of nitrogen functional groups attached to an aromatic ring is 1. The maximum Gasteiger partial charge on any atom is 0.250 e. The van der Waals surface area contributed by atoms with Crippen LogP contribution in [-0.2, 0) is 9.84 Å². The summed E-state index contributed by atoms with van der Waals surface area (Å²) >= 11 is 0. The summed E-state index contributed by atoms with van der Waals surface area (Å²) in [6.45, 7) is 1.59. The third-order valence-corrected chi connectivity index (χ3v) is 5.61. The van der Waals surface area contributed by atoms with Crippen LogP contribution in [0.3, 0.4) is 0 Å². The number of nitrogens with zero attached hydrogens (tertiary/aromatic N) is 2. The highest BCUT2D eigenvalue weighted by Crippen LogP contribution is 2.29. The van der Waals surface area contributed by atoms with E-state index >= 15 is 0 Å². The van der Waals surface area contributed by atoms with Gasteiger partial charge >= 0.3 is 0 Å². The summed E-state index contributed by atoms with van der Waals surface area (Å²) in [5.74, 6) is -0.832. The highest BCUT2D eigenvalue weighted by molar-refractivity contribution is 7.91. The zero-order chi connectivity index (χ0) is 18.9. The fourth-order valence-electron chi connectivity index (χ4n) is 2.62. The van der Waals surface area contributed by atoms with E-state index in [1.165, 1.54) is 18.2 Å². The van der Waals surface area contributed by atoms with Gasteiger partial charge in [0.25, 0.3) is 0 Å². The van der Waals surface area contributed by atoms with E-state index < -0.39 is 15.7 Å². The molecule has 1 amide bonds. The zero-order valence-electron chi connectivity index (χ0n) is 13.9. The molecule has 3 rings (SSSR count). The minimum absolute atomic E-state index is 0.0892. The molecule has 0 saturated heterocycles. The molecule has 132 valence electrons. The number of carbonyl (C=O) groups excluding carboxylic acids is 1. The lowest BCUT2D eigenvalue weighted by atomic mass is 10.1. The molecule has 3 aromatic rings. The maximum atomic E-state index is 13.2. The first-order valence-corrected chi connectivity index (χ1v) is 9.12. The lowest BCUT2D eigenvalue weighted by Gasteiger charge is -2.12. The van der Waals surface area contributed by atoms with Crippen molar-refractivity contribution in [1.82, 2.24) is 9.97 Å². The molecule has 2 heterocycles. The fourth-order valence-corrected chi connectivity index (χ4v) is 4.29. The molecular formula is C18H16N4O3S. The quantitative estimate of drug-likeness (QED) is 0.724. The maximum absolute atomic E-state index is 13.2. The molecule has 0 saturated carbocycles. The Morgan fingerprint density at radius 2 is 1.81 bits per heavy atom. The van der Waals surface area contributed by atoms with Crippen LogP contribution in [0.4, 0.5) is 5.69 Å². The first kappa shape index (κ1) is 17.6. The number of hydrogen-bond acceptors (Lipinski definition) is 6. The topological polar surface area (TPSA) is 129 Å². The van der Waals surface area contributed by atoms with Gasteiger partial charge in [0, 0.05) is 11.9 Å². The molecule has 1 aromatic carbocycles. The number of nitrogens with two attached hydrogens (primary N) is 2. The molecule has 0 aliphatic rings. The second kappa shape index (κ2) is 6.57. The molecular weight excluding hydrogens is 352 g/mol. The van der Waals surface area contributed by atoms with Crippen LogP contribution in [0.2, 0.25) is 0 Å². The number of pyridine rings is 2. The van der Waals surface area contributed by atoms with Crippen molar-refractivity contribution in [3.05, 3.63) is 65.9 Å². The molecule has 0 spiro atoms. The van der Waals surface area contributed by atoms with Crippen LogP contribution in [0, 0.1) is 6.92 Å². The molecule has 4 N–H and O–H groups in total. The smallest absolute Gasteiger partial charge is 0.250 e. The van der Waals surface area contributed by atoms with Gasteiger partial charge in [-0.15, -0.1) is 0 Å². The zero-order valence-corrected chi connectivity index (χ0v) is 14.7. The number of amides is 1. The van der Waals surface area contributed by atoms with Crippen molar-refractivity contribution < 1.29 is 13.2 Å². The number of aryl methyl sites for hydroxylation is 1. The van der Waals surface area contributed by atoms with Crippen molar-refractivity contribution in [3.8, 4) is 11.4 Å². The van der Waals surface area contributed by atoms with E-state index in [0.29, 0.717) is 17.0 Å². The van der Waals surface area contributed by atoms with Crippen LogP contribution in [0.25, 0.3) is 11.4 Å². The molecule has 0 radical (unpaired) electrons.